The van der Waals surface area contributed by atoms with E-state index in [-0.39, 0.29) is 11.3 Å². The van der Waals surface area contributed by atoms with Crippen molar-refractivity contribution >= 4 is 40.4 Å². The number of hydrogen-bond acceptors (Lipinski definition) is 5. The number of Topliss-reactive ketones (excluding diaryl/α,β-unsaturated/α-hetero) is 1. The zero-order valence-corrected chi connectivity index (χ0v) is 16.0. The molecule has 0 fully saturated rings. The average molecular weight is 480 g/mol. The molecule has 138 valence electrons. The fourth-order valence-electron chi connectivity index (χ4n) is 2.80. The lowest BCUT2D eigenvalue weighted by Crippen LogP contribution is -2.42. The van der Waals surface area contributed by atoms with Crippen LogP contribution in [0.2, 0.25) is 0 Å². The standard InChI is InChI=1S/C18H13IN2O6/c19-11-6-7-12-14(15(11)24)16(25)20(9-8-13(22)23)17(26)18(27)21(12)10-4-2-1-3-5-10/h1-7,11H,8-9H2,(H,22,23). The van der Waals surface area contributed by atoms with Gasteiger partial charge in [-0.25, -0.2) is 0 Å². The lowest BCUT2D eigenvalue weighted by molar-refractivity contribution is -0.137. The van der Waals surface area contributed by atoms with Crippen LogP contribution in [0.25, 0.3) is 11.8 Å². The number of aromatic nitrogens is 2. The third-order valence-corrected chi connectivity index (χ3v) is 5.05. The van der Waals surface area contributed by atoms with E-state index in [1.165, 1.54) is 12.2 Å². The van der Waals surface area contributed by atoms with E-state index in [0.29, 0.717) is 10.3 Å². The highest BCUT2D eigenvalue weighted by atomic mass is 127. The van der Waals surface area contributed by atoms with Crippen LogP contribution < -0.4 is 16.7 Å². The molecule has 1 aliphatic carbocycles. The number of rotatable bonds is 4. The topological polar surface area (TPSA) is 115 Å². The maximum atomic E-state index is 12.9. The zero-order valence-electron chi connectivity index (χ0n) is 13.8. The van der Waals surface area contributed by atoms with Gasteiger partial charge >= 0.3 is 17.1 Å². The highest BCUT2D eigenvalue weighted by molar-refractivity contribution is 14.1. The average Bonchev–Trinajstić information content (AvgIpc) is 2.72. The first-order valence-electron chi connectivity index (χ1n) is 7.90. The molecule has 0 aliphatic heterocycles. The molecule has 1 N–H and O–H groups in total. The van der Waals surface area contributed by atoms with Gasteiger partial charge < -0.3 is 5.11 Å². The van der Waals surface area contributed by atoms with Gasteiger partial charge in [-0.1, -0.05) is 46.9 Å². The second-order valence-electron chi connectivity index (χ2n) is 5.77. The fourth-order valence-corrected chi connectivity index (χ4v) is 3.32. The van der Waals surface area contributed by atoms with Crippen LogP contribution in [0.1, 0.15) is 22.5 Å². The van der Waals surface area contributed by atoms with Crippen molar-refractivity contribution in [3.05, 3.63) is 78.7 Å². The number of carbonyl (C=O) groups is 2. The van der Waals surface area contributed by atoms with E-state index in [0.717, 1.165) is 4.57 Å². The van der Waals surface area contributed by atoms with Crippen LogP contribution in [0, 0.1) is 0 Å². The molecule has 0 amide bonds. The Morgan fingerprint density at radius 2 is 1.70 bits per heavy atom. The van der Waals surface area contributed by atoms with E-state index in [1.807, 2.05) is 22.6 Å². The van der Waals surface area contributed by atoms with Crippen molar-refractivity contribution in [3.63, 3.8) is 0 Å². The SMILES string of the molecule is O=C(O)CCn1c(=O)c2c(n(-c3ccccc3)c(=O)c1=O)C=CC(I)C2=O. The maximum Gasteiger partial charge on any atom is 0.321 e. The van der Waals surface area contributed by atoms with Gasteiger partial charge in [0.1, 0.15) is 5.56 Å². The van der Waals surface area contributed by atoms with Gasteiger partial charge in [0.05, 0.1) is 16.0 Å². The Morgan fingerprint density at radius 3 is 2.33 bits per heavy atom. The van der Waals surface area contributed by atoms with E-state index < -0.39 is 45.3 Å². The summed E-state index contributed by atoms with van der Waals surface area (Å²) in [6, 6.07) is 8.16. The van der Waals surface area contributed by atoms with Gasteiger partial charge in [0, 0.05) is 12.2 Å². The smallest absolute Gasteiger partial charge is 0.321 e. The Kier molecular flexibility index (Phi) is 5.22. The summed E-state index contributed by atoms with van der Waals surface area (Å²) < 4.78 is 0.926. The molecule has 9 heteroatoms. The Bertz CT molecular complexity index is 1150. The van der Waals surface area contributed by atoms with Crippen LogP contribution in [-0.2, 0) is 11.3 Å². The fraction of sp³-hybridized carbons (Fsp3) is 0.167. The van der Waals surface area contributed by atoms with Crippen molar-refractivity contribution in [2.75, 3.05) is 0 Å². The van der Waals surface area contributed by atoms with Gasteiger partial charge in [-0.2, -0.15) is 0 Å². The van der Waals surface area contributed by atoms with Gasteiger partial charge in [-0.05, 0) is 18.2 Å². The number of fused-ring (bicyclic) bond motifs is 1. The van der Waals surface area contributed by atoms with Crippen molar-refractivity contribution in [2.24, 2.45) is 0 Å². The number of nitrogens with zero attached hydrogens (tertiary/aromatic N) is 2. The summed E-state index contributed by atoms with van der Waals surface area (Å²) in [6.45, 7) is -0.499. The third-order valence-electron chi connectivity index (χ3n) is 4.07. The first-order valence-corrected chi connectivity index (χ1v) is 9.15. The van der Waals surface area contributed by atoms with Gasteiger partial charge in [0.15, 0.2) is 5.78 Å². The van der Waals surface area contributed by atoms with Crippen molar-refractivity contribution in [1.29, 1.82) is 0 Å². The molecule has 1 unspecified atom stereocenters. The molecule has 1 atom stereocenters. The molecule has 27 heavy (non-hydrogen) atoms. The predicted octanol–water partition coefficient (Wildman–Crippen LogP) is 0.847. The van der Waals surface area contributed by atoms with E-state index >= 15 is 0 Å². The normalized spacial score (nSPS) is 15.4. The molecule has 0 radical (unpaired) electrons. The van der Waals surface area contributed by atoms with Gasteiger partial charge in [-0.15, -0.1) is 0 Å². The second-order valence-corrected chi connectivity index (χ2v) is 7.11. The molecule has 1 heterocycles. The van der Waals surface area contributed by atoms with Gasteiger partial charge in [-0.3, -0.25) is 33.1 Å². The molecule has 0 saturated heterocycles. The first-order chi connectivity index (χ1) is 12.8. The highest BCUT2D eigenvalue weighted by Crippen LogP contribution is 2.21. The van der Waals surface area contributed by atoms with E-state index in [2.05, 4.69) is 0 Å². The number of allylic oxidation sites excluding steroid dienone is 1. The molecule has 1 aromatic carbocycles. The summed E-state index contributed by atoms with van der Waals surface area (Å²) in [5.74, 6) is -1.77. The molecule has 1 aliphatic rings. The Morgan fingerprint density at radius 1 is 1.04 bits per heavy atom. The van der Waals surface area contributed by atoms with Gasteiger partial charge in [0.2, 0.25) is 0 Å². The van der Waals surface area contributed by atoms with E-state index in [9.17, 15) is 24.0 Å². The molecule has 8 nitrogen and oxygen atoms in total. The molecule has 0 bridgehead atoms. The van der Waals surface area contributed by atoms with Gasteiger partial charge in [0.25, 0.3) is 5.56 Å². The highest BCUT2D eigenvalue weighted by Gasteiger charge is 2.29. The molecule has 0 saturated carbocycles. The van der Waals surface area contributed by atoms with E-state index in [4.69, 9.17) is 5.11 Å². The monoisotopic (exact) mass is 480 g/mol. The summed E-state index contributed by atoms with van der Waals surface area (Å²) >= 11 is 1.84. The third kappa shape index (κ3) is 3.42. The Hall–Kier alpha value is -2.82. The quantitative estimate of drug-likeness (QED) is 0.394. The zero-order chi connectivity index (χ0) is 19.7. The molecule has 0 spiro atoms. The Balaban J connectivity index is 2.49. The van der Waals surface area contributed by atoms with Crippen LogP contribution in [0.5, 0.6) is 0 Å². The number of carboxylic acid groups (broad SMARTS) is 1. The number of alkyl halides is 1. The molecule has 1 aromatic heterocycles. The minimum atomic E-state index is -1.23. The summed E-state index contributed by atoms with van der Waals surface area (Å²) in [7, 11) is 0. The second kappa shape index (κ2) is 7.43. The molecular weight excluding hydrogens is 467 g/mol. The van der Waals surface area contributed by atoms with Crippen molar-refractivity contribution in [3.8, 4) is 5.69 Å². The summed E-state index contributed by atoms with van der Waals surface area (Å²) in [5, 5.41) is 8.87. The lowest BCUT2D eigenvalue weighted by Gasteiger charge is -2.15. The summed E-state index contributed by atoms with van der Waals surface area (Å²) in [4.78, 5) is 61.9. The van der Waals surface area contributed by atoms with Crippen LogP contribution >= 0.6 is 22.6 Å². The van der Waals surface area contributed by atoms with Crippen LogP contribution in [0.15, 0.2) is 50.8 Å². The number of hydrogen-bond donors (Lipinski definition) is 1. The first kappa shape index (κ1) is 19.0. The number of benzene rings is 1. The number of para-hydroxylation sites is 1. The maximum absolute atomic E-state index is 12.9. The molecule has 2 aromatic rings. The van der Waals surface area contributed by atoms with Crippen molar-refractivity contribution < 1.29 is 14.7 Å². The summed E-state index contributed by atoms with van der Waals surface area (Å²) in [6.07, 6.45) is 2.47. The molecular formula is C18H13IN2O6. The number of ketones is 1. The largest absolute Gasteiger partial charge is 0.481 e. The lowest BCUT2D eigenvalue weighted by atomic mass is 10.0. The summed E-state index contributed by atoms with van der Waals surface area (Å²) in [5.41, 5.74) is -3.13. The predicted molar refractivity (Wildman–Crippen MR) is 106 cm³/mol. The van der Waals surface area contributed by atoms with Crippen molar-refractivity contribution in [2.45, 2.75) is 16.9 Å². The van der Waals surface area contributed by atoms with E-state index in [1.54, 1.807) is 30.3 Å². The van der Waals surface area contributed by atoms with Crippen LogP contribution in [-0.4, -0.2) is 29.9 Å². The number of carbonyl (C=O) groups excluding carboxylic acids is 1. The minimum Gasteiger partial charge on any atom is -0.481 e. The minimum absolute atomic E-state index is 0.0142. The van der Waals surface area contributed by atoms with Crippen molar-refractivity contribution in [1.82, 2.24) is 9.13 Å². The number of aliphatic carboxylic acids is 1. The number of carboxylic acids is 1. The Labute approximate surface area is 165 Å². The van der Waals surface area contributed by atoms with Crippen LogP contribution in [0.4, 0.5) is 0 Å². The van der Waals surface area contributed by atoms with Crippen LogP contribution in [0.3, 0.4) is 0 Å². The number of halogens is 1. The molecule has 3 rings (SSSR count).